The molecule has 4 unspecified atom stereocenters. The van der Waals surface area contributed by atoms with Gasteiger partial charge in [0.15, 0.2) is 0 Å². The monoisotopic (exact) mass is 466 g/mol. The standard InChI is InChI=1S/C16H30N6O6S2/c17-4-2-1-3-9(20-13(24)8(18)6-29)14(25)21-10(5-12(19)23)15(26)22-11(7-30)16(27)28/h8-11,29-30H,1-7,17-18H2,(H2,19,23)(H,20,24)(H,21,25)(H,22,26)(H,27,28). The number of carboxylic acids is 1. The van der Waals surface area contributed by atoms with Gasteiger partial charge in [0.25, 0.3) is 0 Å². The van der Waals surface area contributed by atoms with Gasteiger partial charge in [0.1, 0.15) is 18.1 Å². The van der Waals surface area contributed by atoms with E-state index in [1.807, 2.05) is 0 Å². The van der Waals surface area contributed by atoms with Crippen molar-refractivity contribution in [3.63, 3.8) is 0 Å². The Morgan fingerprint density at radius 2 is 1.37 bits per heavy atom. The summed E-state index contributed by atoms with van der Waals surface area (Å²) >= 11 is 7.76. The normalized spacial score (nSPS) is 14.7. The Balaban J connectivity index is 5.37. The molecule has 4 amide bonds. The van der Waals surface area contributed by atoms with Crippen LogP contribution in [0.25, 0.3) is 0 Å². The number of nitrogens with one attached hydrogen (secondary N) is 3. The van der Waals surface area contributed by atoms with E-state index in [-0.39, 0.29) is 17.9 Å². The van der Waals surface area contributed by atoms with Crippen molar-refractivity contribution in [2.45, 2.75) is 49.9 Å². The average Bonchev–Trinajstić information content (AvgIpc) is 2.69. The highest BCUT2D eigenvalue weighted by atomic mass is 32.1. The van der Waals surface area contributed by atoms with E-state index < -0.39 is 60.2 Å². The van der Waals surface area contributed by atoms with Gasteiger partial charge in [0, 0.05) is 11.5 Å². The summed E-state index contributed by atoms with van der Waals surface area (Å²) < 4.78 is 0. The fraction of sp³-hybridized carbons (Fsp3) is 0.688. The van der Waals surface area contributed by atoms with Crippen LogP contribution in [0.4, 0.5) is 0 Å². The number of thiol groups is 2. The molecule has 0 aromatic carbocycles. The lowest BCUT2D eigenvalue weighted by Crippen LogP contribution is -2.58. The summed E-state index contributed by atoms with van der Waals surface area (Å²) in [5.74, 6) is -4.69. The first kappa shape index (κ1) is 28.0. The van der Waals surface area contributed by atoms with Crippen molar-refractivity contribution in [3.05, 3.63) is 0 Å². The maximum absolute atomic E-state index is 12.7. The minimum absolute atomic E-state index is 0.0516. The zero-order chi connectivity index (χ0) is 23.3. The Kier molecular flexibility index (Phi) is 13.9. The predicted molar refractivity (Wildman–Crippen MR) is 116 cm³/mol. The van der Waals surface area contributed by atoms with Crippen LogP contribution in [0.5, 0.6) is 0 Å². The average molecular weight is 467 g/mol. The van der Waals surface area contributed by atoms with Crippen LogP contribution in [0.1, 0.15) is 25.7 Å². The molecule has 14 heteroatoms. The molecule has 0 saturated carbocycles. The van der Waals surface area contributed by atoms with Crippen molar-refractivity contribution in [3.8, 4) is 0 Å². The van der Waals surface area contributed by atoms with Gasteiger partial charge in [-0.05, 0) is 25.8 Å². The molecule has 0 heterocycles. The Hall–Kier alpha value is -2.03. The van der Waals surface area contributed by atoms with Gasteiger partial charge in [-0.25, -0.2) is 4.79 Å². The molecule has 0 aromatic rings. The summed E-state index contributed by atoms with van der Waals surface area (Å²) in [5, 5.41) is 16.0. The van der Waals surface area contributed by atoms with E-state index in [4.69, 9.17) is 22.3 Å². The highest BCUT2D eigenvalue weighted by molar-refractivity contribution is 7.80. The molecule has 0 aliphatic rings. The summed E-state index contributed by atoms with van der Waals surface area (Å²) in [6.45, 7) is 0.380. The van der Waals surface area contributed by atoms with Crippen LogP contribution in [0.3, 0.4) is 0 Å². The molecule has 0 saturated heterocycles. The number of aliphatic carboxylic acids is 1. The predicted octanol–water partition coefficient (Wildman–Crippen LogP) is -3.28. The lowest BCUT2D eigenvalue weighted by Gasteiger charge is -2.24. The number of carbonyl (C=O) groups excluding carboxylic acids is 4. The maximum atomic E-state index is 12.7. The second kappa shape index (κ2) is 14.9. The Morgan fingerprint density at radius 1 is 0.833 bits per heavy atom. The second-order valence-electron chi connectivity index (χ2n) is 6.45. The zero-order valence-corrected chi connectivity index (χ0v) is 18.2. The molecular formula is C16H30N6O6S2. The number of hydrogen-bond acceptors (Lipinski definition) is 9. The first-order chi connectivity index (χ1) is 14.1. The molecule has 0 fully saturated rings. The van der Waals surface area contributed by atoms with Gasteiger partial charge in [-0.1, -0.05) is 0 Å². The van der Waals surface area contributed by atoms with E-state index in [1.54, 1.807) is 0 Å². The van der Waals surface area contributed by atoms with E-state index >= 15 is 0 Å². The molecule has 30 heavy (non-hydrogen) atoms. The first-order valence-electron chi connectivity index (χ1n) is 9.16. The third-order valence-corrected chi connectivity index (χ3v) is 4.71. The number of amides is 4. The van der Waals surface area contributed by atoms with Crippen LogP contribution in [0.2, 0.25) is 0 Å². The summed E-state index contributed by atoms with van der Waals surface area (Å²) in [7, 11) is 0. The topological polar surface area (TPSA) is 220 Å². The fourth-order valence-electron chi connectivity index (χ4n) is 2.26. The van der Waals surface area contributed by atoms with Crippen LogP contribution >= 0.6 is 25.3 Å². The van der Waals surface area contributed by atoms with Gasteiger partial charge in [-0.2, -0.15) is 25.3 Å². The van der Waals surface area contributed by atoms with E-state index in [0.29, 0.717) is 19.4 Å². The summed E-state index contributed by atoms with van der Waals surface area (Å²) in [5.41, 5.74) is 16.2. The van der Waals surface area contributed by atoms with Gasteiger partial charge >= 0.3 is 5.97 Å². The van der Waals surface area contributed by atoms with Crippen LogP contribution in [-0.4, -0.2) is 76.9 Å². The van der Waals surface area contributed by atoms with Crippen molar-refractivity contribution in [2.75, 3.05) is 18.1 Å². The van der Waals surface area contributed by atoms with Crippen molar-refractivity contribution in [1.82, 2.24) is 16.0 Å². The van der Waals surface area contributed by atoms with Crippen LogP contribution in [-0.2, 0) is 24.0 Å². The quantitative estimate of drug-likeness (QED) is 0.0877. The Morgan fingerprint density at radius 3 is 1.83 bits per heavy atom. The minimum Gasteiger partial charge on any atom is -0.480 e. The molecule has 4 atom stereocenters. The number of unbranched alkanes of at least 4 members (excludes halogenated alkanes) is 1. The van der Waals surface area contributed by atoms with Crippen LogP contribution in [0.15, 0.2) is 0 Å². The number of primary amides is 1. The van der Waals surface area contributed by atoms with Gasteiger partial charge in [-0.3, -0.25) is 19.2 Å². The van der Waals surface area contributed by atoms with Crippen molar-refractivity contribution in [2.24, 2.45) is 17.2 Å². The van der Waals surface area contributed by atoms with E-state index in [0.717, 1.165) is 0 Å². The molecule has 0 spiro atoms. The maximum Gasteiger partial charge on any atom is 0.327 e. The van der Waals surface area contributed by atoms with Gasteiger partial charge in [0.05, 0.1) is 12.5 Å². The molecule has 172 valence electrons. The van der Waals surface area contributed by atoms with Gasteiger partial charge in [0.2, 0.25) is 23.6 Å². The van der Waals surface area contributed by atoms with Gasteiger partial charge in [-0.15, -0.1) is 0 Å². The minimum atomic E-state index is -1.44. The van der Waals surface area contributed by atoms with Crippen LogP contribution < -0.4 is 33.2 Å². The molecule has 0 radical (unpaired) electrons. The second-order valence-corrected chi connectivity index (χ2v) is 7.18. The SMILES string of the molecule is NCCCCC(NC(=O)C(N)CS)C(=O)NC(CC(N)=O)C(=O)NC(CS)C(=O)O. The molecule has 10 N–H and O–H groups in total. The largest absolute Gasteiger partial charge is 0.480 e. The Bertz CT molecular complexity index is 623. The molecule has 0 aliphatic carbocycles. The van der Waals surface area contributed by atoms with E-state index in [2.05, 4.69) is 41.2 Å². The molecule has 0 aliphatic heterocycles. The third kappa shape index (κ3) is 10.7. The van der Waals surface area contributed by atoms with E-state index in [9.17, 15) is 24.0 Å². The number of nitrogens with two attached hydrogens (primary N) is 3. The van der Waals surface area contributed by atoms with E-state index in [1.165, 1.54) is 0 Å². The summed E-state index contributed by atoms with van der Waals surface area (Å²) in [6.07, 6.45) is 0.716. The summed E-state index contributed by atoms with van der Waals surface area (Å²) in [4.78, 5) is 59.5. The summed E-state index contributed by atoms with van der Waals surface area (Å²) in [6, 6.07) is -4.78. The molecular weight excluding hydrogens is 436 g/mol. The first-order valence-corrected chi connectivity index (χ1v) is 10.4. The van der Waals surface area contributed by atoms with Crippen molar-refractivity contribution >= 4 is 54.9 Å². The van der Waals surface area contributed by atoms with Crippen molar-refractivity contribution < 1.29 is 29.1 Å². The van der Waals surface area contributed by atoms with Gasteiger partial charge < -0.3 is 38.3 Å². The molecule has 0 bridgehead atoms. The number of hydrogen-bond donors (Lipinski definition) is 9. The Labute approximate surface area is 185 Å². The molecule has 0 rings (SSSR count). The highest BCUT2D eigenvalue weighted by Crippen LogP contribution is 2.04. The fourth-order valence-corrected chi connectivity index (χ4v) is 2.68. The number of carbonyl (C=O) groups is 5. The molecule has 12 nitrogen and oxygen atoms in total. The smallest absolute Gasteiger partial charge is 0.327 e. The third-order valence-electron chi connectivity index (χ3n) is 3.95. The molecule has 0 aromatic heterocycles. The number of rotatable bonds is 15. The lowest BCUT2D eigenvalue weighted by atomic mass is 10.1. The number of carboxylic acid groups (broad SMARTS) is 1. The zero-order valence-electron chi connectivity index (χ0n) is 16.4. The lowest BCUT2D eigenvalue weighted by molar-refractivity contribution is -0.141. The van der Waals surface area contributed by atoms with Crippen LogP contribution in [0, 0.1) is 0 Å². The highest BCUT2D eigenvalue weighted by Gasteiger charge is 2.30. The van der Waals surface area contributed by atoms with Crippen molar-refractivity contribution in [1.29, 1.82) is 0 Å².